The van der Waals surface area contributed by atoms with Crippen molar-refractivity contribution in [2.24, 2.45) is 0 Å². The van der Waals surface area contributed by atoms with Crippen molar-refractivity contribution < 1.29 is 5.21 Å². The summed E-state index contributed by atoms with van der Waals surface area (Å²) in [6, 6.07) is 0.292. The second-order valence-corrected chi connectivity index (χ2v) is 1.82. The Morgan fingerprint density at radius 2 is 2.38 bits per heavy atom. The molecule has 0 amide bonds. The van der Waals surface area contributed by atoms with Crippen molar-refractivity contribution in [1.29, 1.82) is 0 Å². The van der Waals surface area contributed by atoms with Crippen LogP contribution in [0.2, 0.25) is 0 Å². The summed E-state index contributed by atoms with van der Waals surface area (Å²) in [5.41, 5.74) is 2.20. The molecule has 0 saturated carbocycles. The van der Waals surface area contributed by atoms with Crippen LogP contribution in [0.25, 0.3) is 0 Å². The topological polar surface area (TPSA) is 44.3 Å². The highest BCUT2D eigenvalue weighted by atomic mass is 35.5. The molecular weight excluding hydrogens is 128 g/mol. The first-order valence-corrected chi connectivity index (χ1v) is 2.54. The highest BCUT2D eigenvalue weighted by Gasteiger charge is 2.11. The van der Waals surface area contributed by atoms with E-state index in [1.807, 2.05) is 0 Å². The molecule has 1 fully saturated rings. The number of hydroxylamine groups is 1. The molecule has 0 bridgehead atoms. The summed E-state index contributed by atoms with van der Waals surface area (Å²) in [5.74, 6) is 0. The molecule has 8 heavy (non-hydrogen) atoms. The zero-order valence-corrected chi connectivity index (χ0v) is 5.37. The SMILES string of the molecule is Cl.ON[C@@H]1CCNC1. The van der Waals surface area contributed by atoms with Crippen molar-refractivity contribution in [3.63, 3.8) is 0 Å². The molecule has 0 unspecified atom stereocenters. The van der Waals surface area contributed by atoms with Gasteiger partial charge >= 0.3 is 0 Å². The van der Waals surface area contributed by atoms with Gasteiger partial charge in [0.15, 0.2) is 0 Å². The molecular formula is C4H11ClN2O. The van der Waals surface area contributed by atoms with Gasteiger partial charge in [0.1, 0.15) is 0 Å². The van der Waals surface area contributed by atoms with E-state index in [2.05, 4.69) is 10.8 Å². The van der Waals surface area contributed by atoms with Gasteiger partial charge in [0, 0.05) is 12.6 Å². The molecule has 0 radical (unpaired) electrons. The summed E-state index contributed by atoms with van der Waals surface area (Å²) in [4.78, 5) is 0. The summed E-state index contributed by atoms with van der Waals surface area (Å²) in [6.45, 7) is 1.93. The molecule has 4 heteroatoms. The van der Waals surface area contributed by atoms with E-state index in [0.717, 1.165) is 19.5 Å². The van der Waals surface area contributed by atoms with E-state index in [0.29, 0.717) is 6.04 Å². The van der Waals surface area contributed by atoms with Crippen molar-refractivity contribution in [3.05, 3.63) is 0 Å². The van der Waals surface area contributed by atoms with Gasteiger partial charge in [0.2, 0.25) is 0 Å². The Hall–Kier alpha value is 0.170. The van der Waals surface area contributed by atoms with E-state index in [1.54, 1.807) is 0 Å². The minimum Gasteiger partial charge on any atom is -0.316 e. The molecule has 0 aromatic rings. The fourth-order valence-corrected chi connectivity index (χ4v) is 0.765. The van der Waals surface area contributed by atoms with Gasteiger partial charge in [0.05, 0.1) is 0 Å². The van der Waals surface area contributed by atoms with Crippen molar-refractivity contribution >= 4 is 12.4 Å². The second kappa shape index (κ2) is 4.09. The number of hydrogen-bond donors (Lipinski definition) is 3. The maximum atomic E-state index is 8.28. The minimum atomic E-state index is 0. The quantitative estimate of drug-likeness (QED) is 0.438. The first-order chi connectivity index (χ1) is 3.43. The van der Waals surface area contributed by atoms with Gasteiger partial charge in [-0.3, -0.25) is 0 Å². The van der Waals surface area contributed by atoms with E-state index in [1.165, 1.54) is 0 Å². The maximum Gasteiger partial charge on any atom is 0.0456 e. The summed E-state index contributed by atoms with van der Waals surface area (Å²) in [6.07, 6.45) is 1.04. The summed E-state index contributed by atoms with van der Waals surface area (Å²) in [7, 11) is 0. The van der Waals surface area contributed by atoms with Crippen LogP contribution in [-0.4, -0.2) is 24.3 Å². The minimum absolute atomic E-state index is 0. The standard InChI is InChI=1S/C4H10N2O.ClH/c7-6-4-1-2-5-3-4;/h4-7H,1-3H2;1H/t4-;/m1./s1. The predicted octanol–water partition coefficient (Wildman–Crippen LogP) is -0.251. The second-order valence-electron chi connectivity index (χ2n) is 1.82. The van der Waals surface area contributed by atoms with Crippen LogP contribution in [0, 0.1) is 0 Å². The monoisotopic (exact) mass is 138 g/mol. The van der Waals surface area contributed by atoms with E-state index < -0.39 is 0 Å². The maximum absolute atomic E-state index is 8.28. The Kier molecular flexibility index (Phi) is 4.18. The smallest absolute Gasteiger partial charge is 0.0456 e. The van der Waals surface area contributed by atoms with Crippen LogP contribution in [0.3, 0.4) is 0 Å². The largest absolute Gasteiger partial charge is 0.316 e. The van der Waals surface area contributed by atoms with Gasteiger partial charge in [0.25, 0.3) is 0 Å². The van der Waals surface area contributed by atoms with Crippen molar-refractivity contribution in [3.8, 4) is 0 Å². The Bertz CT molecular complexity index is 56.0. The zero-order valence-electron chi connectivity index (χ0n) is 4.55. The number of nitrogens with one attached hydrogen (secondary N) is 2. The molecule has 1 aliphatic rings. The van der Waals surface area contributed by atoms with Crippen LogP contribution in [0.5, 0.6) is 0 Å². The van der Waals surface area contributed by atoms with Gasteiger partial charge in [-0.2, -0.15) is 0 Å². The van der Waals surface area contributed by atoms with E-state index >= 15 is 0 Å². The Labute approximate surface area is 54.8 Å². The Morgan fingerprint density at radius 3 is 2.62 bits per heavy atom. The van der Waals surface area contributed by atoms with E-state index in [-0.39, 0.29) is 12.4 Å². The third-order valence-corrected chi connectivity index (χ3v) is 1.24. The third-order valence-electron chi connectivity index (χ3n) is 1.24. The van der Waals surface area contributed by atoms with Crippen LogP contribution in [0.15, 0.2) is 0 Å². The van der Waals surface area contributed by atoms with Crippen LogP contribution < -0.4 is 10.8 Å². The molecule has 0 aliphatic carbocycles. The molecule has 3 N–H and O–H groups in total. The molecule has 1 atom stereocenters. The van der Waals surface area contributed by atoms with Crippen molar-refractivity contribution in [1.82, 2.24) is 10.8 Å². The lowest BCUT2D eigenvalue weighted by molar-refractivity contribution is 0.133. The van der Waals surface area contributed by atoms with Crippen LogP contribution >= 0.6 is 12.4 Å². The Balaban J connectivity index is 0.000000490. The molecule has 3 nitrogen and oxygen atoms in total. The zero-order chi connectivity index (χ0) is 5.11. The molecule has 1 aliphatic heterocycles. The lowest BCUT2D eigenvalue weighted by atomic mass is 10.3. The molecule has 1 rings (SSSR count). The number of hydrogen-bond acceptors (Lipinski definition) is 3. The Morgan fingerprint density at radius 1 is 1.62 bits per heavy atom. The molecule has 0 spiro atoms. The van der Waals surface area contributed by atoms with Crippen LogP contribution in [0.1, 0.15) is 6.42 Å². The van der Waals surface area contributed by atoms with E-state index in [4.69, 9.17) is 5.21 Å². The molecule has 0 aromatic carbocycles. The van der Waals surface area contributed by atoms with Crippen LogP contribution in [-0.2, 0) is 0 Å². The van der Waals surface area contributed by atoms with Crippen LogP contribution in [0.4, 0.5) is 0 Å². The highest BCUT2D eigenvalue weighted by Crippen LogP contribution is 1.93. The fourth-order valence-electron chi connectivity index (χ4n) is 0.765. The predicted molar refractivity (Wildman–Crippen MR) is 33.4 cm³/mol. The third kappa shape index (κ3) is 1.96. The average Bonchev–Trinajstić information content (AvgIpc) is 2.14. The lowest BCUT2D eigenvalue weighted by Crippen LogP contribution is -2.27. The molecule has 1 heterocycles. The summed E-state index contributed by atoms with van der Waals surface area (Å²) in [5, 5.41) is 11.4. The van der Waals surface area contributed by atoms with Crippen molar-refractivity contribution in [2.75, 3.05) is 13.1 Å². The first-order valence-electron chi connectivity index (χ1n) is 2.54. The highest BCUT2D eigenvalue weighted by molar-refractivity contribution is 5.85. The first kappa shape index (κ1) is 8.17. The summed E-state index contributed by atoms with van der Waals surface area (Å²) < 4.78 is 0. The number of rotatable bonds is 1. The van der Waals surface area contributed by atoms with Gasteiger partial charge in [-0.15, -0.1) is 12.4 Å². The molecule has 1 saturated heterocycles. The van der Waals surface area contributed by atoms with Gasteiger partial charge in [-0.25, -0.2) is 5.48 Å². The summed E-state index contributed by atoms with van der Waals surface area (Å²) >= 11 is 0. The van der Waals surface area contributed by atoms with Gasteiger partial charge < -0.3 is 10.5 Å². The lowest BCUT2D eigenvalue weighted by Gasteiger charge is -2.00. The average molecular weight is 139 g/mol. The van der Waals surface area contributed by atoms with Gasteiger partial charge in [-0.1, -0.05) is 0 Å². The number of halogens is 1. The molecule has 50 valence electrons. The van der Waals surface area contributed by atoms with Gasteiger partial charge in [-0.05, 0) is 13.0 Å². The van der Waals surface area contributed by atoms with Crippen molar-refractivity contribution in [2.45, 2.75) is 12.5 Å². The molecule has 0 aromatic heterocycles. The van der Waals surface area contributed by atoms with E-state index in [9.17, 15) is 0 Å². The normalized spacial score (nSPS) is 27.4. The fraction of sp³-hybridized carbons (Fsp3) is 1.00.